The number of benzene rings is 3. The molecular formula is C24H18F3NO. The molecule has 3 aromatic carbocycles. The average molecular weight is 393 g/mol. The van der Waals surface area contributed by atoms with Crippen LogP contribution in [0.1, 0.15) is 16.7 Å². The van der Waals surface area contributed by atoms with Gasteiger partial charge in [0.15, 0.2) is 0 Å². The van der Waals surface area contributed by atoms with E-state index in [-0.39, 0.29) is 0 Å². The summed E-state index contributed by atoms with van der Waals surface area (Å²) in [5.41, 5.74) is 3.02. The molecule has 0 unspecified atom stereocenters. The lowest BCUT2D eigenvalue weighted by Gasteiger charge is -2.11. The van der Waals surface area contributed by atoms with E-state index in [0.29, 0.717) is 16.9 Å². The first kappa shape index (κ1) is 19.0. The largest absolute Gasteiger partial charge is 0.437 e. The maximum atomic E-state index is 12.9. The molecule has 0 spiro atoms. The highest BCUT2D eigenvalue weighted by Crippen LogP contribution is 2.33. The second kappa shape index (κ2) is 7.24. The fourth-order valence-corrected chi connectivity index (χ4v) is 3.25. The summed E-state index contributed by atoms with van der Waals surface area (Å²) in [5, 5.41) is 1.79. The Morgan fingerprint density at radius 3 is 2.00 bits per heavy atom. The highest BCUT2D eigenvalue weighted by molar-refractivity contribution is 5.88. The number of aryl methyl sites for hydroxylation is 2. The van der Waals surface area contributed by atoms with Crippen molar-refractivity contribution in [1.29, 1.82) is 0 Å². The lowest BCUT2D eigenvalue weighted by Crippen LogP contribution is -2.06. The van der Waals surface area contributed by atoms with Gasteiger partial charge in [0, 0.05) is 16.5 Å². The molecule has 0 atom stereocenters. The lowest BCUT2D eigenvalue weighted by molar-refractivity contribution is -0.137. The Morgan fingerprint density at radius 1 is 0.759 bits per heavy atom. The lowest BCUT2D eigenvalue weighted by atomic mass is 10.0. The van der Waals surface area contributed by atoms with Crippen LogP contribution in [0.25, 0.3) is 22.1 Å². The first-order valence-electron chi connectivity index (χ1n) is 9.14. The van der Waals surface area contributed by atoms with Crippen LogP contribution in [0.2, 0.25) is 0 Å². The van der Waals surface area contributed by atoms with Crippen molar-refractivity contribution in [1.82, 2.24) is 0 Å². The zero-order chi connectivity index (χ0) is 20.6. The summed E-state index contributed by atoms with van der Waals surface area (Å²) >= 11 is 0. The molecule has 0 bridgehead atoms. The minimum atomic E-state index is -4.37. The minimum absolute atomic E-state index is 0.421. The van der Waals surface area contributed by atoms with Gasteiger partial charge in [-0.3, -0.25) is 0 Å². The Balaban J connectivity index is 1.94. The summed E-state index contributed by atoms with van der Waals surface area (Å²) in [6.45, 7) is 3.90. The van der Waals surface area contributed by atoms with Crippen molar-refractivity contribution in [2.75, 3.05) is 0 Å². The minimum Gasteiger partial charge on any atom is -0.437 e. The van der Waals surface area contributed by atoms with Crippen LogP contribution >= 0.6 is 0 Å². The van der Waals surface area contributed by atoms with E-state index in [0.717, 1.165) is 39.7 Å². The van der Waals surface area contributed by atoms with Crippen molar-refractivity contribution in [3.05, 3.63) is 95.0 Å². The molecule has 0 saturated carbocycles. The molecule has 4 rings (SSSR count). The van der Waals surface area contributed by atoms with E-state index in [1.807, 2.05) is 62.4 Å². The van der Waals surface area contributed by atoms with E-state index < -0.39 is 11.7 Å². The second-order valence-electron chi connectivity index (χ2n) is 6.93. The van der Waals surface area contributed by atoms with Crippen LogP contribution in [-0.2, 0) is 6.18 Å². The third-order valence-corrected chi connectivity index (χ3v) is 4.84. The first-order valence-corrected chi connectivity index (χ1v) is 9.14. The fraction of sp³-hybridized carbons (Fsp3) is 0.125. The van der Waals surface area contributed by atoms with Crippen LogP contribution in [0, 0.1) is 13.8 Å². The Bertz CT molecular complexity index is 1230. The molecule has 29 heavy (non-hydrogen) atoms. The molecule has 0 aliphatic heterocycles. The third-order valence-electron chi connectivity index (χ3n) is 4.84. The van der Waals surface area contributed by atoms with E-state index in [2.05, 4.69) is 4.99 Å². The Morgan fingerprint density at radius 2 is 1.38 bits per heavy atom. The van der Waals surface area contributed by atoms with Crippen LogP contribution in [-0.4, -0.2) is 0 Å². The number of nitrogens with zero attached hydrogens (tertiary/aromatic N) is 1. The number of hydrogen-bond acceptors (Lipinski definition) is 2. The summed E-state index contributed by atoms with van der Waals surface area (Å²) in [4.78, 5) is 4.65. The van der Waals surface area contributed by atoms with E-state index in [4.69, 9.17) is 4.42 Å². The van der Waals surface area contributed by atoms with Crippen molar-refractivity contribution >= 4 is 16.5 Å². The highest BCUT2D eigenvalue weighted by atomic mass is 19.4. The van der Waals surface area contributed by atoms with Crippen molar-refractivity contribution in [3.63, 3.8) is 0 Å². The molecule has 0 amide bonds. The number of hydrogen-bond donors (Lipinski definition) is 0. The number of alkyl halides is 3. The van der Waals surface area contributed by atoms with Crippen LogP contribution in [0.3, 0.4) is 0 Å². The molecule has 5 heteroatoms. The summed E-state index contributed by atoms with van der Waals surface area (Å²) in [7, 11) is 0. The van der Waals surface area contributed by atoms with E-state index >= 15 is 0 Å². The topological polar surface area (TPSA) is 25.5 Å². The van der Waals surface area contributed by atoms with Gasteiger partial charge in [-0.15, -0.1) is 0 Å². The van der Waals surface area contributed by atoms with Gasteiger partial charge in [-0.05, 0) is 49.6 Å². The van der Waals surface area contributed by atoms with E-state index in [1.54, 1.807) is 0 Å². The molecule has 1 heterocycles. The molecule has 0 aliphatic rings. The van der Waals surface area contributed by atoms with Crippen molar-refractivity contribution in [2.24, 2.45) is 4.99 Å². The molecule has 0 N–H and O–H groups in total. The maximum Gasteiger partial charge on any atom is 0.416 e. The molecule has 0 aliphatic carbocycles. The van der Waals surface area contributed by atoms with Gasteiger partial charge in [-0.25, -0.2) is 4.99 Å². The normalized spacial score (nSPS) is 12.5. The highest BCUT2D eigenvalue weighted by Gasteiger charge is 2.30. The molecule has 1 aromatic heterocycles. The number of halogens is 3. The standard InChI is InChI=1S/C24H18F3NO/c1-15-7-13-19(14-8-15)28-23-21-6-4-3-5-20(21)16(2)22(29-23)17-9-11-18(12-10-17)24(25,26)27/h3-14H,1-2H3. The van der Waals surface area contributed by atoms with E-state index in [9.17, 15) is 13.2 Å². The van der Waals surface area contributed by atoms with Crippen LogP contribution < -0.4 is 5.55 Å². The van der Waals surface area contributed by atoms with Crippen molar-refractivity contribution in [2.45, 2.75) is 20.0 Å². The van der Waals surface area contributed by atoms with Gasteiger partial charge in [0.25, 0.3) is 0 Å². The quantitative estimate of drug-likeness (QED) is 0.361. The van der Waals surface area contributed by atoms with Gasteiger partial charge in [-0.1, -0.05) is 48.0 Å². The Labute approximate surface area is 166 Å². The Kier molecular flexibility index (Phi) is 4.74. The van der Waals surface area contributed by atoms with Crippen molar-refractivity contribution in [3.8, 4) is 11.3 Å². The molecule has 146 valence electrons. The maximum absolute atomic E-state index is 12.9. The fourth-order valence-electron chi connectivity index (χ4n) is 3.25. The molecule has 4 aromatic rings. The average Bonchev–Trinajstić information content (AvgIpc) is 2.71. The van der Waals surface area contributed by atoms with Gasteiger partial charge in [-0.2, -0.15) is 13.2 Å². The van der Waals surface area contributed by atoms with Crippen LogP contribution in [0.5, 0.6) is 0 Å². The summed E-state index contributed by atoms with van der Waals surface area (Å²) in [6, 6.07) is 20.4. The van der Waals surface area contributed by atoms with Crippen LogP contribution in [0.15, 0.2) is 82.2 Å². The smallest absolute Gasteiger partial charge is 0.416 e. The van der Waals surface area contributed by atoms with Crippen molar-refractivity contribution < 1.29 is 17.6 Å². The monoisotopic (exact) mass is 393 g/mol. The molecule has 0 radical (unpaired) electrons. The zero-order valence-electron chi connectivity index (χ0n) is 15.9. The molecule has 0 saturated heterocycles. The summed E-state index contributed by atoms with van der Waals surface area (Å²) in [5.74, 6) is 0.503. The number of fused-ring (bicyclic) bond motifs is 1. The molecule has 2 nitrogen and oxygen atoms in total. The second-order valence-corrected chi connectivity index (χ2v) is 6.93. The zero-order valence-corrected chi connectivity index (χ0v) is 15.9. The van der Waals surface area contributed by atoms with Gasteiger partial charge < -0.3 is 4.42 Å². The van der Waals surface area contributed by atoms with Gasteiger partial charge >= 0.3 is 6.18 Å². The summed E-state index contributed by atoms with van der Waals surface area (Å²) in [6.07, 6.45) is -4.37. The van der Waals surface area contributed by atoms with Gasteiger partial charge in [0.05, 0.1) is 11.3 Å². The summed E-state index contributed by atoms with van der Waals surface area (Å²) < 4.78 is 44.8. The predicted molar refractivity (Wildman–Crippen MR) is 108 cm³/mol. The third kappa shape index (κ3) is 3.81. The molecular weight excluding hydrogens is 375 g/mol. The number of rotatable bonds is 2. The first-order chi connectivity index (χ1) is 13.8. The predicted octanol–water partition coefficient (Wildman–Crippen LogP) is 6.97. The SMILES string of the molecule is Cc1ccc(N=c2oc(-c3ccc(C(F)(F)F)cc3)c(C)c3ccccc23)cc1. The Hall–Kier alpha value is -3.34. The van der Waals surface area contributed by atoms with Gasteiger partial charge in [0.2, 0.25) is 5.55 Å². The molecule has 0 fully saturated rings. The van der Waals surface area contributed by atoms with Crippen LogP contribution in [0.4, 0.5) is 18.9 Å². The van der Waals surface area contributed by atoms with Gasteiger partial charge in [0.1, 0.15) is 5.76 Å². The van der Waals surface area contributed by atoms with E-state index in [1.165, 1.54) is 12.1 Å².